The maximum atomic E-state index is 13.4. The molecule has 0 spiro atoms. The monoisotopic (exact) mass is 920 g/mol. The van der Waals surface area contributed by atoms with E-state index >= 15 is 0 Å². The maximum Gasteiger partial charge on any atom is 0.338 e. The number of ether oxygens (including phenoxy) is 10. The summed E-state index contributed by atoms with van der Waals surface area (Å²) < 4.78 is 59.6. The van der Waals surface area contributed by atoms with Crippen molar-refractivity contribution in [2.75, 3.05) is 18.5 Å². The second-order valence-electron chi connectivity index (χ2n) is 14.4. The fourth-order valence-electron chi connectivity index (χ4n) is 7.03. The number of benzene rings is 3. The van der Waals surface area contributed by atoms with Gasteiger partial charge in [-0.3, -0.25) is 29.3 Å². The number of rotatable bonds is 14. The highest BCUT2D eigenvalue weighted by molar-refractivity contribution is 6.33. The molecule has 2 N–H and O–H groups in total. The van der Waals surface area contributed by atoms with Crippen molar-refractivity contribution in [2.24, 2.45) is 0 Å². The average Bonchev–Trinajstić information content (AvgIpc) is 3.23. The van der Waals surface area contributed by atoms with Crippen LogP contribution in [0.15, 0.2) is 66.7 Å². The summed E-state index contributed by atoms with van der Waals surface area (Å²) in [5, 5.41) is 25.9. The molecule has 3 saturated heterocycles. The molecule has 1 amide bonds. The Balaban J connectivity index is 1.34. The van der Waals surface area contributed by atoms with E-state index in [1.807, 2.05) is 0 Å². The van der Waals surface area contributed by atoms with Gasteiger partial charge in [0.1, 0.15) is 42.1 Å². The quantitative estimate of drug-likeness (QED) is 0.0987. The zero-order valence-corrected chi connectivity index (χ0v) is 35.4. The van der Waals surface area contributed by atoms with Crippen molar-refractivity contribution in [3.05, 3.63) is 104 Å². The maximum absolute atomic E-state index is 13.4. The molecule has 3 fully saturated rings. The van der Waals surface area contributed by atoms with E-state index in [0.29, 0.717) is 11.1 Å². The molecule has 1 unspecified atom stereocenters. The van der Waals surface area contributed by atoms with E-state index in [-0.39, 0.29) is 34.5 Å². The lowest BCUT2D eigenvalue weighted by Gasteiger charge is -2.50. The lowest BCUT2D eigenvalue weighted by molar-refractivity contribution is -0.386. The van der Waals surface area contributed by atoms with Gasteiger partial charge in [0.05, 0.1) is 34.4 Å². The Morgan fingerprint density at radius 1 is 0.810 bits per heavy atom. The molecular formula is C41H42Cl2N2O18. The van der Waals surface area contributed by atoms with Crippen molar-refractivity contribution < 1.29 is 81.4 Å². The van der Waals surface area contributed by atoms with Crippen LogP contribution in [0.2, 0.25) is 10.0 Å². The summed E-state index contributed by atoms with van der Waals surface area (Å²) in [5.41, 5.74) is 0.486. The highest BCUT2D eigenvalue weighted by Crippen LogP contribution is 2.38. The van der Waals surface area contributed by atoms with Gasteiger partial charge in [0.25, 0.3) is 5.69 Å². The fraction of sp³-hybridized carbons (Fsp3) is 0.439. The molecule has 3 aliphatic rings. The van der Waals surface area contributed by atoms with E-state index < -0.39 is 115 Å². The summed E-state index contributed by atoms with van der Waals surface area (Å²) in [6, 6.07) is 16.7. The standard InChI is InChI=1S/C41H42Cl2N2O18/c1-19(46)44-28-14-23(10-12-26(28)42)16-55-40-37(59-22(4)49)36(58-21(3)48)34(31(60-40)17-54-38(51)25-11-13-27(43)29(15-25)45(52)53)63-41-35(57-20(2)47)32(50)33-30(61-41)18-56-39(62-33)24-8-6-5-7-9-24/h5-15,30-37,39-41,50H,16-18H2,1-4H3,(H,44,46)/t30-,31-,32+,33-,34-,35-,36+,37-,39?,40-,41-/m1/s1. The molecular weight excluding hydrogens is 879 g/mol. The number of carbonyl (C=O) groups excluding carboxylic acids is 5. The number of aliphatic hydroxyl groups excluding tert-OH is 1. The second kappa shape index (κ2) is 20.9. The Kier molecular flexibility index (Phi) is 15.7. The van der Waals surface area contributed by atoms with E-state index in [1.165, 1.54) is 25.1 Å². The smallest absolute Gasteiger partial charge is 0.338 e. The van der Waals surface area contributed by atoms with Gasteiger partial charge in [0, 0.05) is 39.3 Å². The van der Waals surface area contributed by atoms with Gasteiger partial charge in [-0.25, -0.2) is 4.79 Å². The molecule has 0 aromatic heterocycles. The third kappa shape index (κ3) is 11.8. The van der Waals surface area contributed by atoms with Crippen molar-refractivity contribution in [1.29, 1.82) is 0 Å². The SMILES string of the molecule is CC(=O)Nc1cc(CO[C@@H]2O[C@H](COC(=O)c3ccc(Cl)c([N+](=O)[O-])c3)[C@@H](O[C@H]3O[C@@H]4COC(c5ccccc5)O[C@H]4[C@H](O)[C@H]3OC(C)=O)[C@H](OC(C)=O)[C@H]2OC(C)=O)ccc1Cl. The van der Waals surface area contributed by atoms with Gasteiger partial charge in [0.2, 0.25) is 5.91 Å². The number of anilines is 1. The van der Waals surface area contributed by atoms with Gasteiger partial charge in [-0.05, 0) is 29.8 Å². The van der Waals surface area contributed by atoms with Crippen molar-refractivity contribution >= 4 is 64.4 Å². The normalized spacial score (nSPS) is 27.8. The van der Waals surface area contributed by atoms with Gasteiger partial charge < -0.3 is 57.8 Å². The van der Waals surface area contributed by atoms with E-state index in [2.05, 4.69) is 5.32 Å². The Morgan fingerprint density at radius 2 is 1.48 bits per heavy atom. The first-order chi connectivity index (χ1) is 30.0. The number of nitro groups is 1. The van der Waals surface area contributed by atoms with Crippen molar-refractivity contribution in [1.82, 2.24) is 0 Å². The van der Waals surface area contributed by atoms with E-state index in [9.17, 15) is 39.2 Å². The molecule has 0 bridgehead atoms. The molecule has 20 nitrogen and oxygen atoms in total. The molecule has 0 saturated carbocycles. The van der Waals surface area contributed by atoms with Crippen LogP contribution in [0.5, 0.6) is 0 Å². The van der Waals surface area contributed by atoms with Crippen LogP contribution in [0, 0.1) is 10.1 Å². The van der Waals surface area contributed by atoms with Gasteiger partial charge in [-0.2, -0.15) is 0 Å². The molecule has 0 radical (unpaired) electrons. The molecule has 63 heavy (non-hydrogen) atoms. The third-order valence-electron chi connectivity index (χ3n) is 9.68. The number of nitrogens with zero attached hydrogens (tertiary/aromatic N) is 1. The van der Waals surface area contributed by atoms with Gasteiger partial charge >= 0.3 is 23.9 Å². The lowest BCUT2D eigenvalue weighted by Crippen LogP contribution is -2.67. The average molecular weight is 922 g/mol. The summed E-state index contributed by atoms with van der Waals surface area (Å²) in [6.45, 7) is 3.32. The lowest BCUT2D eigenvalue weighted by atomic mass is 9.95. The van der Waals surface area contributed by atoms with Gasteiger partial charge in [-0.15, -0.1) is 0 Å². The first-order valence-electron chi connectivity index (χ1n) is 19.3. The molecule has 3 aromatic carbocycles. The van der Waals surface area contributed by atoms with E-state index in [4.69, 9.17) is 70.6 Å². The summed E-state index contributed by atoms with van der Waals surface area (Å²) in [5.74, 6) is -4.12. The Bertz CT molecular complexity index is 2180. The minimum Gasteiger partial charge on any atom is -0.459 e. The van der Waals surface area contributed by atoms with Crippen molar-refractivity contribution in [3.8, 4) is 0 Å². The topological polar surface area (TPSA) is 253 Å². The van der Waals surface area contributed by atoms with E-state index in [0.717, 1.165) is 32.9 Å². The number of nitrogens with one attached hydrogen (secondary N) is 1. The number of hydrogen-bond donors (Lipinski definition) is 2. The Labute approximate surface area is 368 Å². The largest absolute Gasteiger partial charge is 0.459 e. The fourth-order valence-corrected chi connectivity index (χ4v) is 7.38. The minimum absolute atomic E-state index is 0.142. The van der Waals surface area contributed by atoms with Crippen molar-refractivity contribution in [2.45, 2.75) is 102 Å². The van der Waals surface area contributed by atoms with Crippen LogP contribution in [0.25, 0.3) is 0 Å². The molecule has 3 aliphatic heterocycles. The van der Waals surface area contributed by atoms with Gasteiger partial charge in [-0.1, -0.05) is 59.6 Å². The number of nitro benzene ring substituents is 1. The number of hydrogen-bond acceptors (Lipinski definition) is 18. The van der Waals surface area contributed by atoms with Crippen LogP contribution >= 0.6 is 23.2 Å². The van der Waals surface area contributed by atoms with Crippen LogP contribution in [-0.2, 0) is 73.2 Å². The predicted octanol–water partition coefficient (Wildman–Crippen LogP) is 4.34. The summed E-state index contributed by atoms with van der Waals surface area (Å²) in [4.78, 5) is 74.0. The molecule has 3 aromatic rings. The number of carbonyl (C=O) groups is 5. The van der Waals surface area contributed by atoms with Crippen LogP contribution in [0.4, 0.5) is 11.4 Å². The molecule has 11 atom stereocenters. The van der Waals surface area contributed by atoms with E-state index in [1.54, 1.807) is 36.4 Å². The Hall–Kier alpha value is -5.29. The molecule has 0 aliphatic carbocycles. The van der Waals surface area contributed by atoms with Crippen LogP contribution in [-0.4, -0.2) is 114 Å². The number of amides is 1. The van der Waals surface area contributed by atoms with Crippen LogP contribution in [0.3, 0.4) is 0 Å². The first kappa shape index (κ1) is 47.2. The summed E-state index contributed by atoms with van der Waals surface area (Å²) in [7, 11) is 0. The molecule has 6 rings (SSSR count). The number of fused-ring (bicyclic) bond motifs is 1. The first-order valence-corrected chi connectivity index (χ1v) is 20.0. The van der Waals surface area contributed by atoms with Crippen LogP contribution in [0.1, 0.15) is 55.5 Å². The van der Waals surface area contributed by atoms with Gasteiger partial charge in [0.15, 0.2) is 37.2 Å². The highest BCUT2D eigenvalue weighted by atomic mass is 35.5. The molecule has 3 heterocycles. The summed E-state index contributed by atoms with van der Waals surface area (Å²) in [6.07, 6.45) is -16.1. The highest BCUT2D eigenvalue weighted by Gasteiger charge is 2.57. The minimum atomic E-state index is -1.70. The number of esters is 4. The summed E-state index contributed by atoms with van der Waals surface area (Å²) >= 11 is 12.2. The zero-order chi connectivity index (χ0) is 45.5. The third-order valence-corrected chi connectivity index (χ3v) is 10.3. The second-order valence-corrected chi connectivity index (χ2v) is 15.2. The molecule has 22 heteroatoms. The molecule has 338 valence electrons. The predicted molar refractivity (Wildman–Crippen MR) is 214 cm³/mol. The Morgan fingerprint density at radius 3 is 2.14 bits per heavy atom. The number of aliphatic hydroxyl groups is 1. The number of halogens is 2. The van der Waals surface area contributed by atoms with Crippen molar-refractivity contribution in [3.63, 3.8) is 0 Å². The zero-order valence-electron chi connectivity index (χ0n) is 33.9. The van der Waals surface area contributed by atoms with Crippen LogP contribution < -0.4 is 5.32 Å².